The maximum atomic E-state index is 14.6. The van der Waals surface area contributed by atoms with Gasteiger partial charge in [-0.25, -0.2) is 27.6 Å². The van der Waals surface area contributed by atoms with Gasteiger partial charge in [0.25, 0.3) is 5.91 Å². The molecule has 5 atom stereocenters. The van der Waals surface area contributed by atoms with Crippen LogP contribution in [0.15, 0.2) is 30.4 Å². The van der Waals surface area contributed by atoms with Crippen molar-refractivity contribution in [2.24, 2.45) is 5.92 Å². The summed E-state index contributed by atoms with van der Waals surface area (Å²) in [5.74, 6) is -5.12. The van der Waals surface area contributed by atoms with E-state index in [0.717, 1.165) is 28.0 Å². The molecule has 14 nitrogen and oxygen atoms in total. The number of sulfonamides is 1. The molecule has 1 aromatic carbocycles. The first-order valence-electron chi connectivity index (χ1n) is 18.2. The van der Waals surface area contributed by atoms with Crippen molar-refractivity contribution >= 4 is 44.9 Å². The number of hydrogen-bond acceptors (Lipinski definition) is 9. The Balaban J connectivity index is 1.39. The zero-order valence-corrected chi connectivity index (χ0v) is 31.6. The van der Waals surface area contributed by atoms with E-state index in [2.05, 4.69) is 20.0 Å². The largest absolute Gasteiger partial charge is 0.471 e. The van der Waals surface area contributed by atoms with Gasteiger partial charge in [0.15, 0.2) is 0 Å². The van der Waals surface area contributed by atoms with Gasteiger partial charge in [-0.05, 0) is 78.4 Å². The molecule has 19 heteroatoms. The Morgan fingerprint density at radius 2 is 1.80 bits per heavy atom. The first kappa shape index (κ1) is 40.1. The molecular formula is C36H44F4N6O8S. The molecule has 4 amide bonds. The van der Waals surface area contributed by atoms with Gasteiger partial charge in [0, 0.05) is 23.9 Å². The van der Waals surface area contributed by atoms with Gasteiger partial charge in [-0.1, -0.05) is 25.0 Å². The number of carboxylic acid groups (broad SMARTS) is 1. The molecule has 1 aromatic heterocycles. The highest BCUT2D eigenvalue weighted by Crippen LogP contribution is 2.48. The minimum atomic E-state index is -5.08. The Bertz CT molecular complexity index is 2040. The van der Waals surface area contributed by atoms with Crippen molar-refractivity contribution < 1.29 is 55.0 Å². The van der Waals surface area contributed by atoms with Crippen LogP contribution in [0.2, 0.25) is 0 Å². The molecule has 6 rings (SSSR count). The predicted molar refractivity (Wildman–Crippen MR) is 188 cm³/mol. The number of carbonyl (C=O) groups is 4. The molecule has 2 aliphatic heterocycles. The fraction of sp³-hybridized carbons (Fsp3) is 0.611. The van der Waals surface area contributed by atoms with Crippen molar-refractivity contribution in [3.05, 3.63) is 41.9 Å². The lowest BCUT2D eigenvalue weighted by atomic mass is 9.98. The second-order valence-corrected chi connectivity index (χ2v) is 18.2. The van der Waals surface area contributed by atoms with Gasteiger partial charge in [0.05, 0.1) is 22.3 Å². The van der Waals surface area contributed by atoms with Crippen molar-refractivity contribution in [3.63, 3.8) is 0 Å². The molecule has 300 valence electrons. The molecule has 2 saturated carbocycles. The van der Waals surface area contributed by atoms with Crippen molar-refractivity contribution in [3.8, 4) is 5.88 Å². The summed E-state index contributed by atoms with van der Waals surface area (Å²) in [6.45, 7) is 5.79. The minimum Gasteiger partial charge on any atom is -0.471 e. The SMILES string of the molecule is CC(C)(C)N(C(=O)O)[C@H]1CCCCCC=C[C@@H]2C[C@@]2(C(=O)NS(=O)(=O)C2(C)CC2)NC(=O)[C@@H]2C[C@@H](Oc3nc4cc(F)ccc4nc3C(F)(F)F)CN2C1=O. The van der Waals surface area contributed by atoms with Crippen LogP contribution >= 0.6 is 0 Å². The topological polar surface area (TPSA) is 188 Å². The molecule has 3 fully saturated rings. The normalized spacial score (nSPS) is 27.2. The standard InChI is InChI=1S/C36H44F4N6O8S/c1-33(2,3)46(32(50)51)25-11-9-7-5-6-8-10-20-18-35(20,31(49)44-55(52,53)34(4)14-15-34)43-28(47)26-17-22(19-45(26)30(25)48)54-29-27(36(38,39)40)41-23-13-12-21(37)16-24(23)42-29/h8,10,12-13,16,20,22,25-26H,5-7,9,11,14-15,17-19H2,1-4H3,(H,43,47)(H,44,49)(H,50,51)/t20-,22-,25+,26+,35-/m1/s1. The third-order valence-electron chi connectivity index (χ3n) is 10.8. The molecule has 0 radical (unpaired) electrons. The third kappa shape index (κ3) is 8.07. The van der Waals surface area contributed by atoms with Crippen LogP contribution in [-0.4, -0.2) is 97.7 Å². The summed E-state index contributed by atoms with van der Waals surface area (Å²) in [6.07, 6.45) is -1.71. The maximum Gasteiger partial charge on any atom is 0.438 e. The predicted octanol–water partition coefficient (Wildman–Crippen LogP) is 4.68. The summed E-state index contributed by atoms with van der Waals surface area (Å²) >= 11 is 0. The monoisotopic (exact) mass is 796 g/mol. The fourth-order valence-electron chi connectivity index (χ4n) is 7.36. The molecule has 0 bridgehead atoms. The Morgan fingerprint density at radius 1 is 1.09 bits per heavy atom. The number of nitrogens with one attached hydrogen (secondary N) is 2. The van der Waals surface area contributed by atoms with Gasteiger partial charge in [-0.3, -0.25) is 24.0 Å². The lowest BCUT2D eigenvalue weighted by Crippen LogP contribution is -2.61. The number of hydrogen-bond donors (Lipinski definition) is 3. The third-order valence-corrected chi connectivity index (χ3v) is 13.0. The second kappa shape index (κ2) is 14.2. The van der Waals surface area contributed by atoms with Gasteiger partial charge in [-0.2, -0.15) is 13.2 Å². The summed E-state index contributed by atoms with van der Waals surface area (Å²) in [7, 11) is -4.12. The number of amides is 4. The van der Waals surface area contributed by atoms with E-state index in [4.69, 9.17) is 4.74 Å². The average Bonchev–Trinajstić information content (AvgIpc) is 3.95. The van der Waals surface area contributed by atoms with Crippen LogP contribution in [0.3, 0.4) is 0 Å². The van der Waals surface area contributed by atoms with Crippen molar-refractivity contribution in [2.45, 2.75) is 126 Å². The van der Waals surface area contributed by atoms with Crippen LogP contribution in [0, 0.1) is 11.7 Å². The van der Waals surface area contributed by atoms with Gasteiger partial charge in [0.2, 0.25) is 33.4 Å². The number of aromatic nitrogens is 2. The van der Waals surface area contributed by atoms with Gasteiger partial charge in [0.1, 0.15) is 29.5 Å². The Labute approximate surface area is 315 Å². The quantitative estimate of drug-likeness (QED) is 0.274. The highest BCUT2D eigenvalue weighted by atomic mass is 32.2. The number of rotatable bonds is 6. The van der Waals surface area contributed by atoms with Gasteiger partial charge < -0.3 is 20.1 Å². The van der Waals surface area contributed by atoms with Crippen molar-refractivity contribution in [1.29, 1.82) is 0 Å². The number of fused-ring (bicyclic) bond motifs is 3. The number of allylic oxidation sites excluding steroid dienone is 1. The van der Waals surface area contributed by atoms with E-state index < -0.39 is 110 Å². The number of nitrogens with zero attached hydrogens (tertiary/aromatic N) is 4. The summed E-state index contributed by atoms with van der Waals surface area (Å²) in [4.78, 5) is 65.0. The van der Waals surface area contributed by atoms with Crippen molar-refractivity contribution in [1.82, 2.24) is 29.8 Å². The molecule has 0 unspecified atom stereocenters. The van der Waals surface area contributed by atoms with E-state index >= 15 is 0 Å². The maximum absolute atomic E-state index is 14.6. The lowest BCUT2D eigenvalue weighted by Gasteiger charge is -2.41. The number of benzene rings is 1. The molecule has 1 saturated heterocycles. The number of carbonyl (C=O) groups excluding carboxylic acids is 3. The van der Waals surface area contributed by atoms with Crippen LogP contribution in [0.4, 0.5) is 22.4 Å². The summed E-state index contributed by atoms with van der Waals surface area (Å²) < 4.78 is 89.8. The fourth-order valence-corrected chi connectivity index (χ4v) is 8.67. The molecule has 3 heterocycles. The Morgan fingerprint density at radius 3 is 2.44 bits per heavy atom. The molecule has 4 aliphatic rings. The zero-order chi connectivity index (χ0) is 40.3. The summed E-state index contributed by atoms with van der Waals surface area (Å²) in [5.41, 5.74) is -4.86. The molecular weight excluding hydrogens is 752 g/mol. The molecule has 2 aliphatic carbocycles. The molecule has 2 aromatic rings. The van der Waals surface area contributed by atoms with Crippen LogP contribution in [-0.2, 0) is 30.6 Å². The molecule has 0 spiro atoms. The van der Waals surface area contributed by atoms with E-state index in [9.17, 15) is 50.3 Å². The van der Waals surface area contributed by atoms with Crippen molar-refractivity contribution in [2.75, 3.05) is 6.54 Å². The van der Waals surface area contributed by atoms with Crippen LogP contribution in [0.1, 0.15) is 91.2 Å². The van der Waals surface area contributed by atoms with Crippen LogP contribution < -0.4 is 14.8 Å². The minimum absolute atomic E-state index is 0.0333. The first-order chi connectivity index (χ1) is 25.6. The van der Waals surface area contributed by atoms with E-state index in [-0.39, 0.29) is 23.9 Å². The summed E-state index contributed by atoms with van der Waals surface area (Å²) in [6, 6.07) is -0.00622. The van der Waals surface area contributed by atoms with Crippen LogP contribution in [0.5, 0.6) is 5.88 Å². The first-order valence-corrected chi connectivity index (χ1v) is 19.6. The van der Waals surface area contributed by atoms with E-state index in [1.165, 1.54) is 6.92 Å². The van der Waals surface area contributed by atoms with Gasteiger partial charge in [-0.15, -0.1) is 0 Å². The highest BCUT2D eigenvalue weighted by molar-refractivity contribution is 7.91. The molecule has 3 N–H and O–H groups in total. The molecule has 55 heavy (non-hydrogen) atoms. The smallest absolute Gasteiger partial charge is 0.438 e. The highest BCUT2D eigenvalue weighted by Gasteiger charge is 2.63. The zero-order valence-electron chi connectivity index (χ0n) is 30.8. The number of alkyl halides is 3. The van der Waals surface area contributed by atoms with Gasteiger partial charge >= 0.3 is 12.3 Å². The number of halogens is 4. The average molecular weight is 797 g/mol. The lowest BCUT2D eigenvalue weighted by molar-refractivity contribution is -0.145. The van der Waals surface area contributed by atoms with E-state index in [1.807, 2.05) is 6.08 Å². The number of ether oxygens (including phenoxy) is 1. The second-order valence-electron chi connectivity index (χ2n) is 16.1. The van der Waals surface area contributed by atoms with E-state index in [1.54, 1.807) is 26.8 Å². The summed E-state index contributed by atoms with van der Waals surface area (Å²) in [5, 5.41) is 13.0. The van der Waals surface area contributed by atoms with E-state index in [0.29, 0.717) is 38.5 Å². The Hall–Kier alpha value is -4.55. The Kier molecular flexibility index (Phi) is 10.4. The van der Waals surface area contributed by atoms with Crippen LogP contribution in [0.25, 0.3) is 11.0 Å².